The van der Waals surface area contributed by atoms with Gasteiger partial charge < -0.3 is 20.1 Å². The third-order valence-corrected chi connectivity index (χ3v) is 4.28. The molecule has 0 saturated carbocycles. The molecule has 0 spiro atoms. The molecule has 134 valence electrons. The SMILES string of the molecule is COc1cc(OC)cc(C(=O)N(C)[C@H](CCN)Cc2ccccc2)c1. The van der Waals surface area contributed by atoms with Crippen molar-refractivity contribution in [3.05, 3.63) is 59.7 Å². The van der Waals surface area contributed by atoms with Gasteiger partial charge in [0.25, 0.3) is 5.91 Å². The standard InChI is InChI=1S/C20H26N2O3/c1-22(17(9-10-21)11-15-7-5-4-6-8-15)20(23)16-12-18(24-2)14-19(13-16)25-3/h4-8,12-14,17H,9-11,21H2,1-3H3/t17-/m1/s1. The van der Waals surface area contributed by atoms with Gasteiger partial charge in [-0.25, -0.2) is 0 Å². The molecule has 5 heteroatoms. The summed E-state index contributed by atoms with van der Waals surface area (Å²) in [4.78, 5) is 14.7. The van der Waals surface area contributed by atoms with Crippen LogP contribution in [-0.2, 0) is 6.42 Å². The van der Waals surface area contributed by atoms with Crippen LogP contribution in [0.3, 0.4) is 0 Å². The van der Waals surface area contributed by atoms with Crippen molar-refractivity contribution in [1.29, 1.82) is 0 Å². The Labute approximate surface area is 149 Å². The van der Waals surface area contributed by atoms with Crippen LogP contribution >= 0.6 is 0 Å². The van der Waals surface area contributed by atoms with Crippen molar-refractivity contribution in [3.63, 3.8) is 0 Å². The second kappa shape index (κ2) is 9.08. The number of benzene rings is 2. The van der Waals surface area contributed by atoms with Gasteiger partial charge in [-0.1, -0.05) is 30.3 Å². The molecule has 2 aromatic rings. The largest absolute Gasteiger partial charge is 0.497 e. The Hall–Kier alpha value is -2.53. The second-order valence-electron chi connectivity index (χ2n) is 5.94. The highest BCUT2D eigenvalue weighted by Gasteiger charge is 2.22. The fraction of sp³-hybridized carbons (Fsp3) is 0.350. The van der Waals surface area contributed by atoms with Crippen molar-refractivity contribution >= 4 is 5.91 Å². The smallest absolute Gasteiger partial charge is 0.254 e. The van der Waals surface area contributed by atoms with E-state index in [9.17, 15) is 4.79 Å². The van der Waals surface area contributed by atoms with Crippen LogP contribution in [-0.4, -0.2) is 44.7 Å². The van der Waals surface area contributed by atoms with Crippen LogP contribution in [0.5, 0.6) is 11.5 Å². The van der Waals surface area contributed by atoms with Crippen molar-refractivity contribution in [3.8, 4) is 11.5 Å². The van der Waals surface area contributed by atoms with Gasteiger partial charge >= 0.3 is 0 Å². The fourth-order valence-electron chi connectivity index (χ4n) is 2.81. The van der Waals surface area contributed by atoms with Gasteiger partial charge in [0.1, 0.15) is 11.5 Å². The van der Waals surface area contributed by atoms with Gasteiger partial charge in [0.2, 0.25) is 0 Å². The molecule has 2 aromatic carbocycles. The van der Waals surface area contributed by atoms with E-state index in [0.29, 0.717) is 23.6 Å². The molecule has 0 aliphatic heterocycles. The zero-order valence-electron chi connectivity index (χ0n) is 15.1. The highest BCUT2D eigenvalue weighted by molar-refractivity contribution is 5.95. The summed E-state index contributed by atoms with van der Waals surface area (Å²) in [6.45, 7) is 0.524. The Morgan fingerprint density at radius 2 is 1.68 bits per heavy atom. The lowest BCUT2D eigenvalue weighted by Crippen LogP contribution is -2.39. The quantitative estimate of drug-likeness (QED) is 0.801. The van der Waals surface area contributed by atoms with E-state index in [-0.39, 0.29) is 11.9 Å². The van der Waals surface area contributed by atoms with Gasteiger partial charge in [-0.05, 0) is 37.1 Å². The van der Waals surface area contributed by atoms with Crippen LogP contribution in [0.1, 0.15) is 22.3 Å². The predicted molar refractivity (Wildman–Crippen MR) is 99.2 cm³/mol. The maximum atomic E-state index is 13.0. The van der Waals surface area contributed by atoms with Crippen LogP contribution in [0, 0.1) is 0 Å². The molecule has 0 saturated heterocycles. The third kappa shape index (κ3) is 4.97. The number of likely N-dealkylation sites (N-methyl/N-ethyl adjacent to an activating group) is 1. The summed E-state index contributed by atoms with van der Waals surface area (Å²) in [7, 11) is 4.95. The van der Waals surface area contributed by atoms with Crippen molar-refractivity contribution in [2.45, 2.75) is 18.9 Å². The predicted octanol–water partition coefficient (Wildman–Crippen LogP) is 2.74. The lowest BCUT2D eigenvalue weighted by atomic mass is 10.0. The van der Waals surface area contributed by atoms with Gasteiger partial charge in [-0.3, -0.25) is 4.79 Å². The first-order chi connectivity index (χ1) is 12.1. The molecule has 0 heterocycles. The van der Waals surface area contributed by atoms with E-state index in [1.165, 1.54) is 5.56 Å². The molecule has 25 heavy (non-hydrogen) atoms. The second-order valence-corrected chi connectivity index (χ2v) is 5.94. The van der Waals surface area contributed by atoms with E-state index in [1.54, 1.807) is 37.3 Å². The van der Waals surface area contributed by atoms with Crippen molar-refractivity contribution in [1.82, 2.24) is 4.90 Å². The maximum absolute atomic E-state index is 13.0. The number of ether oxygens (including phenoxy) is 2. The summed E-state index contributed by atoms with van der Waals surface area (Å²) >= 11 is 0. The summed E-state index contributed by atoms with van der Waals surface area (Å²) in [6.07, 6.45) is 1.50. The lowest BCUT2D eigenvalue weighted by molar-refractivity contribution is 0.0724. The number of amides is 1. The third-order valence-electron chi connectivity index (χ3n) is 4.28. The van der Waals surface area contributed by atoms with Crippen LogP contribution in [0.25, 0.3) is 0 Å². The number of hydrogen-bond acceptors (Lipinski definition) is 4. The first kappa shape index (κ1) is 18.8. The summed E-state index contributed by atoms with van der Waals surface area (Å²) < 4.78 is 10.5. The molecular weight excluding hydrogens is 316 g/mol. The fourth-order valence-corrected chi connectivity index (χ4v) is 2.81. The van der Waals surface area contributed by atoms with Crippen LogP contribution in [0.4, 0.5) is 0 Å². The highest BCUT2D eigenvalue weighted by atomic mass is 16.5. The minimum absolute atomic E-state index is 0.0251. The minimum Gasteiger partial charge on any atom is -0.497 e. The minimum atomic E-state index is -0.0772. The molecule has 1 amide bonds. The topological polar surface area (TPSA) is 64.8 Å². The maximum Gasteiger partial charge on any atom is 0.254 e. The van der Waals surface area contributed by atoms with E-state index in [2.05, 4.69) is 12.1 Å². The Kier molecular flexibility index (Phi) is 6.83. The first-order valence-electron chi connectivity index (χ1n) is 8.33. The van der Waals surface area contributed by atoms with E-state index in [0.717, 1.165) is 12.8 Å². The molecule has 0 aromatic heterocycles. The van der Waals surface area contributed by atoms with Crippen molar-refractivity contribution in [2.24, 2.45) is 5.73 Å². The van der Waals surface area contributed by atoms with Gasteiger partial charge in [0.15, 0.2) is 0 Å². The summed E-state index contributed by atoms with van der Waals surface area (Å²) in [5, 5.41) is 0. The average Bonchev–Trinajstić information content (AvgIpc) is 2.66. The number of carbonyl (C=O) groups is 1. The molecule has 0 radical (unpaired) electrons. The van der Waals surface area contributed by atoms with E-state index in [1.807, 2.05) is 25.2 Å². The molecule has 0 bridgehead atoms. The molecule has 0 aliphatic rings. The highest BCUT2D eigenvalue weighted by Crippen LogP contribution is 2.24. The molecular formula is C20H26N2O3. The van der Waals surface area contributed by atoms with Crippen LogP contribution < -0.4 is 15.2 Å². The monoisotopic (exact) mass is 342 g/mol. The number of hydrogen-bond donors (Lipinski definition) is 1. The van der Waals surface area contributed by atoms with Gasteiger partial charge in [-0.15, -0.1) is 0 Å². The molecule has 5 nitrogen and oxygen atoms in total. The van der Waals surface area contributed by atoms with E-state index >= 15 is 0 Å². The van der Waals surface area contributed by atoms with Gasteiger partial charge in [-0.2, -0.15) is 0 Å². The van der Waals surface area contributed by atoms with Crippen LogP contribution in [0.2, 0.25) is 0 Å². The molecule has 2 rings (SSSR count). The molecule has 0 fully saturated rings. The summed E-state index contributed by atoms with van der Waals surface area (Å²) in [6, 6.07) is 15.3. The zero-order chi connectivity index (χ0) is 18.2. The van der Waals surface area contributed by atoms with Crippen molar-refractivity contribution < 1.29 is 14.3 Å². The van der Waals surface area contributed by atoms with Crippen molar-refractivity contribution in [2.75, 3.05) is 27.8 Å². The summed E-state index contributed by atoms with van der Waals surface area (Å²) in [5.74, 6) is 1.11. The number of nitrogens with zero attached hydrogens (tertiary/aromatic N) is 1. The summed E-state index contributed by atoms with van der Waals surface area (Å²) in [5.41, 5.74) is 7.49. The van der Waals surface area contributed by atoms with Gasteiger partial charge in [0.05, 0.1) is 14.2 Å². The number of nitrogens with two attached hydrogens (primary N) is 1. The molecule has 0 unspecified atom stereocenters. The Bertz CT molecular complexity index is 666. The molecule has 0 aliphatic carbocycles. The molecule has 1 atom stereocenters. The number of methoxy groups -OCH3 is 2. The Morgan fingerprint density at radius 3 is 2.20 bits per heavy atom. The zero-order valence-corrected chi connectivity index (χ0v) is 15.1. The van der Waals surface area contributed by atoms with E-state index < -0.39 is 0 Å². The lowest BCUT2D eigenvalue weighted by Gasteiger charge is -2.28. The van der Waals surface area contributed by atoms with Crippen LogP contribution in [0.15, 0.2) is 48.5 Å². The average molecular weight is 342 g/mol. The van der Waals surface area contributed by atoms with E-state index in [4.69, 9.17) is 15.2 Å². The Morgan fingerprint density at radius 1 is 1.08 bits per heavy atom. The molecule has 2 N–H and O–H groups in total. The normalized spacial score (nSPS) is 11.7. The first-order valence-corrected chi connectivity index (χ1v) is 8.33. The van der Waals surface area contributed by atoms with Gasteiger partial charge in [0, 0.05) is 24.7 Å². The Balaban J connectivity index is 2.23. The number of rotatable bonds is 8. The number of carbonyl (C=O) groups excluding carboxylic acids is 1.